The number of pyridine rings is 1. The average molecular weight is 519 g/mol. The third-order valence-electron chi connectivity index (χ3n) is 6.28. The van der Waals surface area contributed by atoms with E-state index in [0.29, 0.717) is 23.2 Å². The summed E-state index contributed by atoms with van der Waals surface area (Å²) in [6.07, 6.45) is 6.29. The van der Waals surface area contributed by atoms with Gasteiger partial charge in [0.15, 0.2) is 0 Å². The fourth-order valence-corrected chi connectivity index (χ4v) is 4.21. The lowest BCUT2D eigenvalue weighted by molar-refractivity contribution is -0.157. The van der Waals surface area contributed by atoms with Crippen molar-refractivity contribution in [2.75, 3.05) is 0 Å². The van der Waals surface area contributed by atoms with Crippen LogP contribution in [0.3, 0.4) is 0 Å². The Labute approximate surface area is 224 Å². The maximum Gasteiger partial charge on any atom is 0.335 e. The summed E-state index contributed by atoms with van der Waals surface area (Å²) in [5.74, 6) is -1.16. The van der Waals surface area contributed by atoms with Gasteiger partial charge in [0.2, 0.25) is 5.78 Å². The first kappa shape index (κ1) is 28.9. The summed E-state index contributed by atoms with van der Waals surface area (Å²) >= 11 is 0. The maximum atomic E-state index is 13.5. The predicted molar refractivity (Wildman–Crippen MR) is 150 cm³/mol. The number of aromatic carboxylic acids is 1. The van der Waals surface area contributed by atoms with Crippen LogP contribution in [0, 0.1) is 5.92 Å². The van der Waals surface area contributed by atoms with Gasteiger partial charge in [0, 0.05) is 23.3 Å². The van der Waals surface area contributed by atoms with Crippen molar-refractivity contribution in [1.29, 1.82) is 0 Å². The SMILES string of the molecule is CCc1cc2cc(C(=O)O)ccn2c1C(=O)c1ccc(/C=C/C(NC(C)C(=O)OC(C)(C)C)C(C)C)cc1. The highest BCUT2D eigenvalue weighted by Crippen LogP contribution is 2.23. The fraction of sp³-hybridized carbons (Fsp3) is 0.387. The summed E-state index contributed by atoms with van der Waals surface area (Å²) in [4.78, 5) is 37.2. The number of nitrogens with zero attached hydrogens (tertiary/aromatic N) is 1. The van der Waals surface area contributed by atoms with E-state index in [4.69, 9.17) is 4.74 Å². The number of carbonyl (C=O) groups excluding carboxylic acids is 2. The Morgan fingerprint density at radius 3 is 2.24 bits per heavy atom. The smallest absolute Gasteiger partial charge is 0.335 e. The van der Waals surface area contributed by atoms with Crippen molar-refractivity contribution >= 4 is 29.3 Å². The molecule has 2 atom stereocenters. The molecule has 7 nitrogen and oxygen atoms in total. The second-order valence-corrected chi connectivity index (χ2v) is 10.9. The molecule has 0 radical (unpaired) electrons. The molecule has 202 valence electrons. The minimum absolute atomic E-state index is 0.0475. The van der Waals surface area contributed by atoms with Crippen molar-refractivity contribution in [2.24, 2.45) is 5.92 Å². The molecule has 0 saturated heterocycles. The number of benzene rings is 1. The Balaban J connectivity index is 1.78. The number of esters is 1. The van der Waals surface area contributed by atoms with Crippen LogP contribution in [-0.4, -0.2) is 44.9 Å². The molecule has 0 spiro atoms. The highest BCUT2D eigenvalue weighted by atomic mass is 16.6. The highest BCUT2D eigenvalue weighted by molar-refractivity contribution is 6.10. The van der Waals surface area contributed by atoms with Crippen molar-refractivity contribution in [3.05, 3.63) is 82.7 Å². The van der Waals surface area contributed by atoms with E-state index in [2.05, 4.69) is 19.2 Å². The number of hydrogen-bond acceptors (Lipinski definition) is 5. The van der Waals surface area contributed by atoms with Gasteiger partial charge in [0.1, 0.15) is 11.6 Å². The van der Waals surface area contributed by atoms with Crippen LogP contribution in [0.25, 0.3) is 11.6 Å². The van der Waals surface area contributed by atoms with E-state index in [1.807, 2.05) is 58.0 Å². The van der Waals surface area contributed by atoms with Crippen LogP contribution in [-0.2, 0) is 16.0 Å². The second kappa shape index (κ2) is 11.8. The summed E-state index contributed by atoms with van der Waals surface area (Å²) in [6, 6.07) is 11.8. The molecule has 0 fully saturated rings. The average Bonchev–Trinajstić information content (AvgIpc) is 3.22. The molecule has 0 aliphatic rings. The molecular formula is C31H38N2O5. The van der Waals surface area contributed by atoms with E-state index in [1.165, 1.54) is 6.07 Å². The van der Waals surface area contributed by atoms with Crippen LogP contribution >= 0.6 is 0 Å². The largest absolute Gasteiger partial charge is 0.478 e. The van der Waals surface area contributed by atoms with Crippen LogP contribution in [0.1, 0.15) is 86.0 Å². The minimum atomic E-state index is -1.00. The first-order valence-electron chi connectivity index (χ1n) is 13.0. The number of carboxylic acids is 1. The van der Waals surface area contributed by atoms with Crippen LogP contribution < -0.4 is 5.32 Å². The molecule has 0 aliphatic heterocycles. The highest BCUT2D eigenvalue weighted by Gasteiger charge is 2.24. The van der Waals surface area contributed by atoms with Crippen molar-refractivity contribution in [1.82, 2.24) is 9.72 Å². The molecule has 1 aromatic carbocycles. The van der Waals surface area contributed by atoms with Gasteiger partial charge < -0.3 is 14.2 Å². The van der Waals surface area contributed by atoms with Crippen LogP contribution in [0.4, 0.5) is 0 Å². The Kier molecular flexibility index (Phi) is 8.94. The van der Waals surface area contributed by atoms with Crippen molar-refractivity contribution in [3.63, 3.8) is 0 Å². The molecule has 2 heterocycles. The van der Waals surface area contributed by atoms with E-state index < -0.39 is 17.6 Å². The van der Waals surface area contributed by atoms with E-state index in [9.17, 15) is 19.5 Å². The number of fused-ring (bicyclic) bond motifs is 1. The molecule has 2 aromatic heterocycles. The molecule has 3 rings (SSSR count). The van der Waals surface area contributed by atoms with Crippen LogP contribution in [0.2, 0.25) is 0 Å². The molecule has 2 N–H and O–H groups in total. The summed E-state index contributed by atoms with van der Waals surface area (Å²) < 4.78 is 7.24. The molecule has 2 unspecified atom stereocenters. The van der Waals surface area contributed by atoms with Gasteiger partial charge in [-0.15, -0.1) is 0 Å². The molecule has 0 saturated carbocycles. The van der Waals surface area contributed by atoms with Crippen molar-refractivity contribution in [2.45, 2.75) is 72.6 Å². The van der Waals surface area contributed by atoms with Crippen LogP contribution in [0.5, 0.6) is 0 Å². The number of carbonyl (C=O) groups is 3. The number of carboxylic acid groups (broad SMARTS) is 1. The number of hydrogen-bond donors (Lipinski definition) is 2. The van der Waals surface area contributed by atoms with Gasteiger partial charge in [-0.25, -0.2) is 4.79 Å². The van der Waals surface area contributed by atoms with E-state index in [0.717, 1.165) is 11.1 Å². The molecule has 0 amide bonds. The molecule has 0 aliphatic carbocycles. The number of rotatable bonds is 10. The van der Waals surface area contributed by atoms with Gasteiger partial charge in [0.25, 0.3) is 0 Å². The quantitative estimate of drug-likeness (QED) is 0.261. The topological polar surface area (TPSA) is 97.1 Å². The lowest BCUT2D eigenvalue weighted by atomic mass is 10.00. The number of ketones is 1. The zero-order chi connectivity index (χ0) is 28.2. The standard InChI is InChI=1S/C31H38N2O5/c1-8-22-17-25-18-24(29(35)36)15-16-33(25)27(22)28(34)23-12-9-21(10-13-23)11-14-26(19(2)3)32-20(4)30(37)38-31(5,6)7/h9-20,26,32H,8H2,1-7H3,(H,35,36)/b14-11+. The molecule has 38 heavy (non-hydrogen) atoms. The van der Waals surface area contributed by atoms with Gasteiger partial charge in [0.05, 0.1) is 11.3 Å². The predicted octanol–water partition coefficient (Wildman–Crippen LogP) is 5.79. The zero-order valence-electron chi connectivity index (χ0n) is 23.2. The van der Waals surface area contributed by atoms with E-state index >= 15 is 0 Å². The molecule has 3 aromatic rings. The summed E-state index contributed by atoms with van der Waals surface area (Å²) in [6.45, 7) is 13.5. The normalized spacial score (nSPS) is 13.7. The van der Waals surface area contributed by atoms with Gasteiger partial charge in [-0.05, 0) is 69.4 Å². The summed E-state index contributed by atoms with van der Waals surface area (Å²) in [5, 5.41) is 12.6. The first-order valence-corrected chi connectivity index (χ1v) is 13.0. The van der Waals surface area contributed by atoms with E-state index in [1.54, 1.807) is 35.7 Å². The van der Waals surface area contributed by atoms with Gasteiger partial charge >= 0.3 is 11.9 Å². The third kappa shape index (κ3) is 6.98. The monoisotopic (exact) mass is 518 g/mol. The zero-order valence-corrected chi connectivity index (χ0v) is 23.2. The molecule has 0 bridgehead atoms. The lowest BCUT2D eigenvalue weighted by Crippen LogP contribution is -2.45. The summed E-state index contributed by atoms with van der Waals surface area (Å²) in [5.41, 5.74) is 3.22. The van der Waals surface area contributed by atoms with Crippen molar-refractivity contribution < 1.29 is 24.2 Å². The van der Waals surface area contributed by atoms with Gasteiger partial charge in [-0.3, -0.25) is 14.9 Å². The number of aryl methyl sites for hydroxylation is 1. The Morgan fingerprint density at radius 2 is 1.68 bits per heavy atom. The number of aromatic nitrogens is 1. The fourth-order valence-electron chi connectivity index (χ4n) is 4.21. The first-order chi connectivity index (χ1) is 17.8. The summed E-state index contributed by atoms with van der Waals surface area (Å²) in [7, 11) is 0. The minimum Gasteiger partial charge on any atom is -0.478 e. The van der Waals surface area contributed by atoms with Crippen LogP contribution in [0.15, 0.2) is 54.7 Å². The Bertz CT molecular complexity index is 1340. The molecule has 7 heteroatoms. The van der Waals surface area contributed by atoms with Crippen molar-refractivity contribution in [3.8, 4) is 0 Å². The Morgan fingerprint density at radius 1 is 1.03 bits per heavy atom. The second-order valence-electron chi connectivity index (χ2n) is 10.9. The Hall–Kier alpha value is -3.71. The number of nitrogens with one attached hydrogen (secondary N) is 1. The molecular weight excluding hydrogens is 480 g/mol. The maximum absolute atomic E-state index is 13.5. The van der Waals surface area contributed by atoms with Gasteiger partial charge in [-0.1, -0.05) is 57.2 Å². The third-order valence-corrected chi connectivity index (χ3v) is 6.28. The number of ether oxygens (including phenoxy) is 1. The van der Waals surface area contributed by atoms with E-state index in [-0.39, 0.29) is 29.3 Å². The lowest BCUT2D eigenvalue weighted by Gasteiger charge is -2.26. The van der Waals surface area contributed by atoms with Gasteiger partial charge in [-0.2, -0.15) is 0 Å².